The molecule has 1 aliphatic rings. The summed E-state index contributed by atoms with van der Waals surface area (Å²) in [5.41, 5.74) is 6.28. The lowest BCUT2D eigenvalue weighted by Gasteiger charge is -2.37. The molecule has 1 aliphatic heterocycles. The monoisotopic (exact) mass is 1020 g/mol. The molecule has 0 unspecified atom stereocenters. The number of para-hydroxylation sites is 2. The van der Waals surface area contributed by atoms with E-state index in [4.69, 9.17) is 33.7 Å². The van der Waals surface area contributed by atoms with Crippen LogP contribution < -0.4 is 37.1 Å². The summed E-state index contributed by atoms with van der Waals surface area (Å²) in [5, 5.41) is 25.9. The molecule has 0 spiro atoms. The van der Waals surface area contributed by atoms with Gasteiger partial charge in [-0.3, -0.25) is 19.2 Å². The van der Waals surface area contributed by atoms with Gasteiger partial charge in [0.05, 0.1) is 41.3 Å². The fourth-order valence-corrected chi connectivity index (χ4v) is 9.73. The third-order valence-electron chi connectivity index (χ3n) is 13.0. The topological polar surface area (TPSA) is 187 Å². The Hall–Kier alpha value is -6.53. The van der Waals surface area contributed by atoms with Gasteiger partial charge in [-0.15, -0.1) is 0 Å². The minimum absolute atomic E-state index is 0.0325. The molecule has 4 atom stereocenters. The van der Waals surface area contributed by atoms with Gasteiger partial charge in [0.15, 0.2) is 0 Å². The van der Waals surface area contributed by atoms with Crippen molar-refractivity contribution >= 4 is 69.6 Å². The molecule has 1 fully saturated rings. The van der Waals surface area contributed by atoms with Gasteiger partial charge in [0.1, 0.15) is 22.8 Å². The quantitative estimate of drug-likeness (QED) is 0.0292. The zero-order valence-electron chi connectivity index (χ0n) is 41.1. The van der Waals surface area contributed by atoms with Gasteiger partial charge in [-0.05, 0) is 103 Å². The highest BCUT2D eigenvalue weighted by molar-refractivity contribution is 6.31. The van der Waals surface area contributed by atoms with Crippen molar-refractivity contribution < 1.29 is 32.7 Å². The lowest BCUT2D eigenvalue weighted by molar-refractivity contribution is -0.118. The number of hydrogen-bond acceptors (Lipinski definition) is 8. The molecule has 1 heterocycles. The minimum atomic E-state index is -1.80. The van der Waals surface area contributed by atoms with E-state index in [0.29, 0.717) is 47.6 Å². The molecule has 12 nitrogen and oxygen atoms in total. The summed E-state index contributed by atoms with van der Waals surface area (Å²) in [5.74, 6) is -3.96. The summed E-state index contributed by atoms with van der Waals surface area (Å²) in [7, 11) is 1.41. The number of nitrogens with one attached hydrogen (secondary N) is 5. The van der Waals surface area contributed by atoms with Crippen molar-refractivity contribution in [2.24, 2.45) is 5.41 Å². The molecule has 5 aromatic carbocycles. The largest absolute Gasteiger partial charge is 0.495 e. The van der Waals surface area contributed by atoms with Crippen molar-refractivity contribution in [2.45, 2.75) is 115 Å². The average Bonchev–Trinajstić information content (AvgIpc) is 3.66. The van der Waals surface area contributed by atoms with Gasteiger partial charge < -0.3 is 37.1 Å². The summed E-state index contributed by atoms with van der Waals surface area (Å²) >= 11 is 12.5. The van der Waals surface area contributed by atoms with Crippen LogP contribution in [0.3, 0.4) is 0 Å². The molecule has 6 rings (SSSR count). The first-order chi connectivity index (χ1) is 34.4. The van der Waals surface area contributed by atoms with Crippen LogP contribution in [0.1, 0.15) is 129 Å². The second-order valence-corrected chi connectivity index (χ2v) is 20.3. The maximum Gasteiger partial charge on any atom is 0.255 e. The third kappa shape index (κ3) is 13.9. The standard InChI is InChI=1S/C56H63Cl2F2N7O5/c1-55(2,3)33-47-56(34-61,40-28-25-37(57)32-42(40)59)49(39-17-16-18-41(58)50(39)60)51(67-47)54(71)66-45-29-24-36(31-46(45)72-4)52(69)63-30-15-11-9-7-5-6-8-10-12-21-48(68)64-38-26-22-35(23-27-38)53(70)65-44-20-14-13-19-43(44)62/h13-14,16-20,22-29,31-32,47,49,51,67H,5-12,15,21,30,33,62H2,1-4H3,(H,63,69)(H,64,68)(H,65,70)(H,66,71)/t47-,49-,51+,56-/m0/s1. The van der Waals surface area contributed by atoms with E-state index >= 15 is 8.78 Å². The van der Waals surface area contributed by atoms with Crippen molar-refractivity contribution in [1.29, 1.82) is 5.26 Å². The Balaban J connectivity index is 0.937. The molecule has 0 aliphatic carbocycles. The Kier molecular flexibility index (Phi) is 19.2. The number of nitrogen functional groups attached to an aromatic ring is 1. The van der Waals surface area contributed by atoms with Crippen LogP contribution in [0.15, 0.2) is 103 Å². The zero-order valence-corrected chi connectivity index (χ0v) is 42.6. The number of anilines is 4. The molecular formula is C56H63Cl2F2N7O5. The van der Waals surface area contributed by atoms with Crippen molar-refractivity contribution in [3.05, 3.63) is 147 Å². The molecule has 0 bridgehead atoms. The van der Waals surface area contributed by atoms with Crippen LogP contribution in [0.2, 0.25) is 10.0 Å². The van der Waals surface area contributed by atoms with E-state index in [1.54, 1.807) is 60.7 Å². The van der Waals surface area contributed by atoms with Crippen LogP contribution in [0.4, 0.5) is 31.5 Å². The number of carbonyl (C=O) groups is 4. The summed E-state index contributed by atoms with van der Waals surface area (Å²) in [6.07, 6.45) is 9.53. The van der Waals surface area contributed by atoms with Crippen LogP contribution in [0.5, 0.6) is 5.75 Å². The fraction of sp³-hybridized carbons (Fsp3) is 0.375. The van der Waals surface area contributed by atoms with Crippen LogP contribution in [0.25, 0.3) is 0 Å². The Labute approximate surface area is 430 Å². The predicted molar refractivity (Wildman–Crippen MR) is 282 cm³/mol. The molecule has 16 heteroatoms. The number of methoxy groups -OCH3 is 1. The number of amides is 4. The normalized spacial score (nSPS) is 17.4. The third-order valence-corrected chi connectivity index (χ3v) is 13.5. The van der Waals surface area contributed by atoms with Crippen molar-refractivity contribution in [2.75, 3.05) is 35.3 Å². The number of benzene rings is 5. The summed E-state index contributed by atoms with van der Waals surface area (Å²) in [6.45, 7) is 6.35. The number of unbranched alkanes of at least 4 members (excludes halogenated alkanes) is 8. The smallest absolute Gasteiger partial charge is 0.255 e. The van der Waals surface area contributed by atoms with Gasteiger partial charge in [-0.1, -0.05) is 119 Å². The summed E-state index contributed by atoms with van der Waals surface area (Å²) < 4.78 is 37.8. The van der Waals surface area contributed by atoms with Crippen molar-refractivity contribution in [1.82, 2.24) is 10.6 Å². The first kappa shape index (κ1) is 54.8. The molecule has 0 aromatic heterocycles. The van der Waals surface area contributed by atoms with E-state index in [1.807, 2.05) is 20.8 Å². The molecule has 1 saturated heterocycles. The Morgan fingerprint density at radius 3 is 2.08 bits per heavy atom. The van der Waals surface area contributed by atoms with E-state index in [2.05, 4.69) is 32.7 Å². The highest BCUT2D eigenvalue weighted by Gasteiger charge is 2.61. The number of nitrogens with two attached hydrogens (primary N) is 1. The molecule has 5 aromatic rings. The maximum atomic E-state index is 16.1. The van der Waals surface area contributed by atoms with E-state index in [1.165, 1.54) is 43.5 Å². The SMILES string of the molecule is COc1cc(C(=O)NCCCCCCCCCCCC(=O)Nc2ccc(C(=O)Nc3ccccc3N)cc2)ccc1NC(=O)[C@@H]1N[C@@H](CC(C)(C)C)[C@](C#N)(c2ccc(Cl)cc2F)[C@H]1c1cccc(Cl)c1F. The second-order valence-electron chi connectivity index (χ2n) is 19.4. The van der Waals surface area contributed by atoms with Crippen molar-refractivity contribution in [3.63, 3.8) is 0 Å². The van der Waals surface area contributed by atoms with Crippen LogP contribution in [-0.2, 0) is 15.0 Å². The Morgan fingerprint density at radius 2 is 1.43 bits per heavy atom. The van der Waals surface area contributed by atoms with Crippen LogP contribution in [-0.4, -0.2) is 49.4 Å². The highest BCUT2D eigenvalue weighted by atomic mass is 35.5. The Bertz CT molecular complexity index is 2760. The summed E-state index contributed by atoms with van der Waals surface area (Å²) in [6, 6.07) is 27.0. The van der Waals surface area contributed by atoms with Gasteiger partial charge >= 0.3 is 0 Å². The number of nitrogens with zero attached hydrogens (tertiary/aromatic N) is 1. The van der Waals surface area contributed by atoms with Gasteiger partial charge in [-0.25, -0.2) is 8.78 Å². The lowest BCUT2D eigenvalue weighted by atomic mass is 9.62. The number of ether oxygens (including phenoxy) is 1. The zero-order chi connectivity index (χ0) is 52.0. The summed E-state index contributed by atoms with van der Waals surface area (Å²) in [4.78, 5) is 52.8. The van der Waals surface area contributed by atoms with Crippen LogP contribution >= 0.6 is 23.2 Å². The van der Waals surface area contributed by atoms with E-state index < -0.39 is 46.4 Å². The molecule has 72 heavy (non-hydrogen) atoms. The number of carbonyl (C=O) groups excluding carboxylic acids is 4. The number of halogens is 4. The minimum Gasteiger partial charge on any atom is -0.495 e. The first-order valence-electron chi connectivity index (χ1n) is 24.4. The molecule has 0 radical (unpaired) electrons. The van der Waals surface area contributed by atoms with E-state index in [-0.39, 0.29) is 50.3 Å². The number of hydrogen-bond donors (Lipinski definition) is 6. The highest BCUT2D eigenvalue weighted by Crippen LogP contribution is 2.53. The molecular weight excluding hydrogens is 960 g/mol. The van der Waals surface area contributed by atoms with E-state index in [0.717, 1.165) is 63.9 Å². The lowest BCUT2D eigenvalue weighted by Crippen LogP contribution is -2.45. The predicted octanol–water partition coefficient (Wildman–Crippen LogP) is 12.3. The van der Waals surface area contributed by atoms with Crippen LogP contribution in [0, 0.1) is 28.4 Å². The number of nitriles is 1. The van der Waals surface area contributed by atoms with Gasteiger partial charge in [0.2, 0.25) is 11.8 Å². The maximum absolute atomic E-state index is 16.1. The first-order valence-corrected chi connectivity index (χ1v) is 25.1. The molecule has 7 N–H and O–H groups in total. The fourth-order valence-electron chi connectivity index (χ4n) is 9.39. The van der Waals surface area contributed by atoms with Gasteiger partial charge in [0.25, 0.3) is 11.8 Å². The number of rotatable bonds is 22. The second kappa shape index (κ2) is 25.2. The van der Waals surface area contributed by atoms with Gasteiger partial charge in [-0.2, -0.15) is 5.26 Å². The van der Waals surface area contributed by atoms with E-state index in [9.17, 15) is 24.4 Å². The molecule has 380 valence electrons. The average molecular weight is 1020 g/mol. The Morgan fingerprint density at radius 1 is 0.764 bits per heavy atom. The van der Waals surface area contributed by atoms with Gasteiger partial charge in [0, 0.05) is 52.3 Å². The molecule has 0 saturated carbocycles. The van der Waals surface area contributed by atoms with Crippen molar-refractivity contribution in [3.8, 4) is 11.8 Å². The molecule has 4 amide bonds.